The molecule has 0 spiro atoms. The van der Waals surface area contributed by atoms with Crippen molar-refractivity contribution in [2.75, 3.05) is 29.9 Å². The lowest BCUT2D eigenvalue weighted by atomic mass is 10.2. The maximum absolute atomic E-state index is 13.0. The van der Waals surface area contributed by atoms with E-state index in [-0.39, 0.29) is 12.3 Å². The van der Waals surface area contributed by atoms with E-state index in [1.54, 1.807) is 11.2 Å². The Morgan fingerprint density at radius 3 is 2.61 bits per heavy atom. The van der Waals surface area contributed by atoms with Crippen LogP contribution in [0.25, 0.3) is 21.8 Å². The number of aromatic nitrogens is 3. The molecule has 1 aliphatic rings. The molecule has 1 aliphatic heterocycles. The molecule has 0 radical (unpaired) electrons. The minimum Gasteiger partial charge on any atom is -0.462 e. The summed E-state index contributed by atoms with van der Waals surface area (Å²) in [5, 5.41) is 2.68. The van der Waals surface area contributed by atoms with E-state index in [9.17, 15) is 4.79 Å². The van der Waals surface area contributed by atoms with E-state index in [0.29, 0.717) is 24.7 Å². The van der Waals surface area contributed by atoms with Crippen LogP contribution in [0.1, 0.15) is 5.69 Å². The largest absolute Gasteiger partial charge is 0.462 e. The minimum atomic E-state index is -0.0322. The highest BCUT2D eigenvalue weighted by atomic mass is 32.1. The predicted molar refractivity (Wildman–Crippen MR) is 109 cm³/mol. The molecule has 1 aromatic carbocycles. The number of hydrogen-bond donors (Lipinski definition) is 0. The Balaban J connectivity index is 1.44. The van der Waals surface area contributed by atoms with Crippen LogP contribution < -0.4 is 9.80 Å². The number of carbonyl (C=O) groups is 1. The van der Waals surface area contributed by atoms with E-state index in [1.807, 2.05) is 53.7 Å². The molecular formula is C20H17N5O2S. The molecule has 0 fully saturated rings. The Morgan fingerprint density at radius 2 is 1.86 bits per heavy atom. The maximum Gasteiger partial charge on any atom is 0.234 e. The van der Waals surface area contributed by atoms with Crippen molar-refractivity contribution in [3.05, 3.63) is 53.7 Å². The summed E-state index contributed by atoms with van der Waals surface area (Å²) in [6.07, 6.45) is 1.83. The van der Waals surface area contributed by atoms with Gasteiger partial charge in [-0.15, -0.1) is 11.3 Å². The summed E-state index contributed by atoms with van der Waals surface area (Å²) in [6, 6.07) is 11.4. The third-order valence-corrected chi connectivity index (χ3v) is 5.63. The fourth-order valence-electron chi connectivity index (χ4n) is 3.28. The lowest BCUT2D eigenvalue weighted by molar-refractivity contribution is -0.118. The minimum absolute atomic E-state index is 0.0322. The summed E-state index contributed by atoms with van der Waals surface area (Å²) < 4.78 is 5.38. The number of furan rings is 1. The Hall–Kier alpha value is -3.26. The van der Waals surface area contributed by atoms with Gasteiger partial charge in [-0.25, -0.2) is 15.0 Å². The second-order valence-electron chi connectivity index (χ2n) is 6.62. The van der Waals surface area contributed by atoms with Gasteiger partial charge in [0.25, 0.3) is 0 Å². The van der Waals surface area contributed by atoms with Crippen molar-refractivity contribution in [2.24, 2.45) is 0 Å². The fraction of sp³-hybridized carbons (Fsp3) is 0.200. The van der Waals surface area contributed by atoms with Crippen LogP contribution in [0.4, 0.5) is 11.6 Å². The number of benzene rings is 1. The van der Waals surface area contributed by atoms with Gasteiger partial charge >= 0.3 is 0 Å². The van der Waals surface area contributed by atoms with Crippen LogP contribution in [0.5, 0.6) is 0 Å². The lowest BCUT2D eigenvalue weighted by Crippen LogP contribution is -2.44. The Bertz CT molecular complexity index is 1150. The monoisotopic (exact) mass is 391 g/mol. The first-order valence-electron chi connectivity index (χ1n) is 8.95. The van der Waals surface area contributed by atoms with E-state index in [4.69, 9.17) is 14.4 Å². The SMILES string of the molecule is CN1CCN(C(=O)Cc2csc(-c3ccco3)n2)c2nc3ccccc3nc21. The average Bonchev–Trinajstić information content (AvgIpc) is 3.39. The van der Waals surface area contributed by atoms with Gasteiger partial charge < -0.3 is 9.32 Å². The standard InChI is InChI=1S/C20H17N5O2S/c1-24-8-9-25(19-18(24)22-14-5-2-3-6-15(14)23-19)17(26)11-13-12-28-20(21-13)16-7-4-10-27-16/h2-7,10,12H,8-9,11H2,1H3. The zero-order valence-electron chi connectivity index (χ0n) is 15.2. The molecule has 7 nitrogen and oxygen atoms in total. The van der Waals surface area contributed by atoms with Gasteiger partial charge in [-0.3, -0.25) is 9.69 Å². The second kappa shape index (κ2) is 6.72. The smallest absolute Gasteiger partial charge is 0.234 e. The number of nitrogens with zero attached hydrogens (tertiary/aromatic N) is 5. The van der Waals surface area contributed by atoms with Gasteiger partial charge in [0.05, 0.1) is 29.4 Å². The summed E-state index contributed by atoms with van der Waals surface area (Å²) in [4.78, 5) is 30.8. The first-order valence-corrected chi connectivity index (χ1v) is 9.83. The van der Waals surface area contributed by atoms with E-state index in [0.717, 1.165) is 27.6 Å². The Labute approximate surface area is 165 Å². The topological polar surface area (TPSA) is 75.4 Å². The summed E-state index contributed by atoms with van der Waals surface area (Å²) in [5.74, 6) is 2.02. The van der Waals surface area contributed by atoms with E-state index in [2.05, 4.69) is 4.98 Å². The van der Waals surface area contributed by atoms with Crippen molar-refractivity contribution < 1.29 is 9.21 Å². The highest BCUT2D eigenvalue weighted by molar-refractivity contribution is 7.13. The van der Waals surface area contributed by atoms with E-state index >= 15 is 0 Å². The summed E-state index contributed by atoms with van der Waals surface area (Å²) in [5.41, 5.74) is 2.34. The predicted octanol–water partition coefficient (Wildman–Crippen LogP) is 3.37. The molecule has 8 heteroatoms. The van der Waals surface area contributed by atoms with Crippen LogP contribution in [0.2, 0.25) is 0 Å². The zero-order chi connectivity index (χ0) is 19.1. The van der Waals surface area contributed by atoms with Gasteiger partial charge in [0.1, 0.15) is 0 Å². The first-order chi connectivity index (χ1) is 13.7. The number of fused-ring (bicyclic) bond motifs is 2. The number of anilines is 2. The molecule has 4 aromatic rings. The molecule has 0 atom stereocenters. The van der Waals surface area contributed by atoms with Crippen LogP contribution >= 0.6 is 11.3 Å². The molecule has 0 saturated carbocycles. The highest BCUT2D eigenvalue weighted by Crippen LogP contribution is 2.31. The van der Waals surface area contributed by atoms with Crippen LogP contribution in [0.15, 0.2) is 52.5 Å². The van der Waals surface area contributed by atoms with Crippen molar-refractivity contribution in [3.8, 4) is 10.8 Å². The van der Waals surface area contributed by atoms with Gasteiger partial charge in [0.2, 0.25) is 5.91 Å². The van der Waals surface area contributed by atoms with Crippen molar-refractivity contribution >= 4 is 39.9 Å². The molecule has 0 saturated heterocycles. The van der Waals surface area contributed by atoms with Gasteiger partial charge in [0, 0.05) is 25.5 Å². The number of carbonyl (C=O) groups excluding carboxylic acids is 1. The molecule has 1 amide bonds. The average molecular weight is 391 g/mol. The van der Waals surface area contributed by atoms with Crippen molar-refractivity contribution in [3.63, 3.8) is 0 Å². The molecule has 28 heavy (non-hydrogen) atoms. The molecular weight excluding hydrogens is 374 g/mol. The maximum atomic E-state index is 13.0. The van der Waals surface area contributed by atoms with Gasteiger partial charge in [0.15, 0.2) is 22.4 Å². The Kier molecular flexibility index (Phi) is 4.05. The molecule has 0 aliphatic carbocycles. The Morgan fingerprint density at radius 1 is 1.07 bits per heavy atom. The molecule has 0 bridgehead atoms. The van der Waals surface area contributed by atoms with Crippen LogP contribution in [-0.4, -0.2) is 41.0 Å². The van der Waals surface area contributed by atoms with Crippen molar-refractivity contribution in [1.29, 1.82) is 0 Å². The van der Waals surface area contributed by atoms with Crippen LogP contribution in [0, 0.1) is 0 Å². The van der Waals surface area contributed by atoms with Crippen LogP contribution in [-0.2, 0) is 11.2 Å². The summed E-state index contributed by atoms with van der Waals surface area (Å²) in [6.45, 7) is 1.28. The number of thiazole rings is 1. The first kappa shape index (κ1) is 16.9. The summed E-state index contributed by atoms with van der Waals surface area (Å²) in [7, 11) is 1.97. The molecule has 4 heterocycles. The number of likely N-dealkylation sites (N-methyl/N-ethyl adjacent to an activating group) is 1. The molecule has 5 rings (SSSR count). The third kappa shape index (κ3) is 2.91. The van der Waals surface area contributed by atoms with Crippen LogP contribution in [0.3, 0.4) is 0 Å². The summed E-state index contributed by atoms with van der Waals surface area (Å²) >= 11 is 1.47. The molecule has 0 unspecified atom stereocenters. The quantitative estimate of drug-likeness (QED) is 0.533. The van der Waals surface area contributed by atoms with E-state index < -0.39 is 0 Å². The lowest BCUT2D eigenvalue weighted by Gasteiger charge is -2.33. The van der Waals surface area contributed by atoms with Crippen molar-refractivity contribution in [2.45, 2.75) is 6.42 Å². The fourth-order valence-corrected chi connectivity index (χ4v) is 4.06. The molecule has 3 aromatic heterocycles. The highest BCUT2D eigenvalue weighted by Gasteiger charge is 2.29. The van der Waals surface area contributed by atoms with E-state index in [1.165, 1.54) is 11.3 Å². The third-order valence-electron chi connectivity index (χ3n) is 4.73. The van der Waals surface area contributed by atoms with Gasteiger partial charge in [-0.1, -0.05) is 12.1 Å². The van der Waals surface area contributed by atoms with Gasteiger partial charge in [-0.05, 0) is 24.3 Å². The number of hydrogen-bond acceptors (Lipinski definition) is 7. The van der Waals surface area contributed by atoms with Gasteiger partial charge in [-0.2, -0.15) is 0 Å². The second-order valence-corrected chi connectivity index (χ2v) is 7.48. The molecule has 0 N–H and O–H groups in total. The normalized spacial score (nSPS) is 13.8. The number of amides is 1. The zero-order valence-corrected chi connectivity index (χ0v) is 16.0. The number of rotatable bonds is 3. The molecule has 140 valence electrons. The number of para-hydroxylation sites is 2. The van der Waals surface area contributed by atoms with Crippen molar-refractivity contribution in [1.82, 2.24) is 15.0 Å².